The number of hydrogen-bond acceptors (Lipinski definition) is 2. The lowest BCUT2D eigenvalue weighted by atomic mass is 10.1. The van der Waals surface area contributed by atoms with Gasteiger partial charge in [-0.25, -0.2) is 0 Å². The minimum absolute atomic E-state index is 0.256. The van der Waals surface area contributed by atoms with Gasteiger partial charge in [0.25, 0.3) is 0 Å². The van der Waals surface area contributed by atoms with Crippen LogP contribution in [-0.2, 0) is 16.1 Å². The maximum absolute atomic E-state index is 6.00. The molecule has 1 unspecified atom stereocenters. The molecule has 1 aliphatic heterocycles. The standard InChI is InChI=1S/C27H30O2Si/c1-28-25-19-24(17-18-29-20-23-11-5-2-6-12-23)21-30(22-25,26-13-7-3-8-14-26)27-15-9-4-10-16-27/h2-16,21,25H,17-20,22H2,1H3. The topological polar surface area (TPSA) is 18.5 Å². The van der Waals surface area contributed by atoms with Gasteiger partial charge in [-0.15, -0.1) is 0 Å². The Morgan fingerprint density at radius 1 is 0.800 bits per heavy atom. The zero-order valence-corrected chi connectivity index (χ0v) is 18.7. The van der Waals surface area contributed by atoms with Crippen molar-refractivity contribution in [3.63, 3.8) is 0 Å². The molecular formula is C27H30O2Si. The molecule has 0 spiro atoms. The molecule has 0 aromatic heterocycles. The molecule has 1 atom stereocenters. The van der Waals surface area contributed by atoms with Crippen LogP contribution in [-0.4, -0.2) is 27.9 Å². The van der Waals surface area contributed by atoms with E-state index in [9.17, 15) is 0 Å². The van der Waals surface area contributed by atoms with Gasteiger partial charge >= 0.3 is 0 Å². The molecule has 0 saturated heterocycles. The molecule has 0 bridgehead atoms. The second-order valence-electron chi connectivity index (χ2n) is 8.06. The van der Waals surface area contributed by atoms with Crippen molar-refractivity contribution in [2.24, 2.45) is 0 Å². The molecule has 0 aliphatic carbocycles. The lowest BCUT2D eigenvalue weighted by Gasteiger charge is -2.38. The molecule has 3 aromatic carbocycles. The predicted octanol–water partition coefficient (Wildman–Crippen LogP) is 4.74. The van der Waals surface area contributed by atoms with Crippen LogP contribution < -0.4 is 10.4 Å². The van der Waals surface area contributed by atoms with E-state index in [1.165, 1.54) is 21.5 Å². The van der Waals surface area contributed by atoms with Gasteiger partial charge in [0.05, 0.1) is 19.3 Å². The molecule has 1 aliphatic rings. The Bertz CT molecular complexity index is 899. The Hall–Kier alpha value is -2.46. The van der Waals surface area contributed by atoms with Gasteiger partial charge in [0.1, 0.15) is 8.07 Å². The number of benzene rings is 3. The second-order valence-corrected chi connectivity index (χ2v) is 11.9. The minimum Gasteiger partial charge on any atom is -0.381 e. The summed E-state index contributed by atoms with van der Waals surface area (Å²) < 4.78 is 12.0. The highest BCUT2D eigenvalue weighted by molar-refractivity contribution is 7.06. The van der Waals surface area contributed by atoms with Gasteiger partial charge in [-0.1, -0.05) is 102 Å². The van der Waals surface area contributed by atoms with Crippen LogP contribution in [0.5, 0.6) is 0 Å². The Morgan fingerprint density at radius 3 is 1.93 bits per heavy atom. The Labute approximate surface area is 181 Å². The molecule has 4 rings (SSSR count). The van der Waals surface area contributed by atoms with Crippen LogP contribution >= 0.6 is 0 Å². The summed E-state index contributed by atoms with van der Waals surface area (Å²) in [6, 6.07) is 33.6. The summed E-state index contributed by atoms with van der Waals surface area (Å²) in [4.78, 5) is 0. The molecule has 1 heterocycles. The number of ether oxygens (including phenoxy) is 2. The highest BCUT2D eigenvalue weighted by atomic mass is 28.3. The van der Waals surface area contributed by atoms with Crippen molar-refractivity contribution in [2.45, 2.75) is 31.6 Å². The van der Waals surface area contributed by atoms with Crippen molar-refractivity contribution in [1.29, 1.82) is 0 Å². The number of hydrogen-bond donors (Lipinski definition) is 0. The molecule has 2 nitrogen and oxygen atoms in total. The van der Waals surface area contributed by atoms with Crippen molar-refractivity contribution < 1.29 is 9.47 Å². The average molecular weight is 415 g/mol. The fraction of sp³-hybridized carbons (Fsp3) is 0.259. The first-order valence-corrected chi connectivity index (χ1v) is 13.0. The number of rotatable bonds is 8. The summed E-state index contributed by atoms with van der Waals surface area (Å²) in [5.74, 6) is 0. The minimum atomic E-state index is -2.05. The summed E-state index contributed by atoms with van der Waals surface area (Å²) in [7, 11) is -0.193. The monoisotopic (exact) mass is 414 g/mol. The molecule has 0 saturated carbocycles. The smallest absolute Gasteiger partial charge is 0.143 e. The fourth-order valence-corrected chi connectivity index (χ4v) is 9.36. The molecular weight excluding hydrogens is 384 g/mol. The molecule has 0 fully saturated rings. The third-order valence-electron chi connectivity index (χ3n) is 6.08. The highest BCUT2D eigenvalue weighted by Crippen LogP contribution is 2.30. The predicted molar refractivity (Wildman–Crippen MR) is 127 cm³/mol. The summed E-state index contributed by atoms with van der Waals surface area (Å²) in [5.41, 5.74) is 5.32. The Kier molecular flexibility index (Phi) is 6.95. The van der Waals surface area contributed by atoms with E-state index in [0.717, 1.165) is 25.5 Å². The first-order valence-electron chi connectivity index (χ1n) is 10.8. The maximum atomic E-state index is 6.00. The summed E-state index contributed by atoms with van der Waals surface area (Å²) >= 11 is 0. The van der Waals surface area contributed by atoms with Crippen molar-refractivity contribution >= 4 is 18.4 Å². The molecule has 0 N–H and O–H groups in total. The third-order valence-corrected chi connectivity index (χ3v) is 10.8. The van der Waals surface area contributed by atoms with Crippen LogP contribution in [0.4, 0.5) is 0 Å². The Balaban J connectivity index is 1.58. The van der Waals surface area contributed by atoms with Crippen molar-refractivity contribution in [3.8, 4) is 0 Å². The fourth-order valence-electron chi connectivity index (χ4n) is 4.54. The summed E-state index contributed by atoms with van der Waals surface area (Å²) in [5, 5.41) is 2.92. The zero-order chi connectivity index (χ0) is 20.7. The van der Waals surface area contributed by atoms with E-state index in [1.54, 1.807) is 0 Å². The van der Waals surface area contributed by atoms with E-state index >= 15 is 0 Å². The van der Waals surface area contributed by atoms with Gasteiger partial charge in [0.2, 0.25) is 0 Å². The summed E-state index contributed by atoms with van der Waals surface area (Å²) in [6.07, 6.45) is 2.21. The van der Waals surface area contributed by atoms with Crippen molar-refractivity contribution in [1.82, 2.24) is 0 Å². The van der Waals surface area contributed by atoms with Gasteiger partial charge in [-0.3, -0.25) is 0 Å². The maximum Gasteiger partial charge on any atom is 0.143 e. The molecule has 0 radical (unpaired) electrons. The van der Waals surface area contributed by atoms with E-state index < -0.39 is 8.07 Å². The molecule has 30 heavy (non-hydrogen) atoms. The molecule has 154 valence electrons. The van der Waals surface area contributed by atoms with Crippen LogP contribution in [0.2, 0.25) is 6.04 Å². The van der Waals surface area contributed by atoms with Gasteiger partial charge < -0.3 is 9.47 Å². The zero-order valence-electron chi connectivity index (χ0n) is 17.7. The van der Waals surface area contributed by atoms with Crippen LogP contribution in [0.25, 0.3) is 0 Å². The quantitative estimate of drug-likeness (QED) is 0.391. The van der Waals surface area contributed by atoms with Crippen LogP contribution in [0.3, 0.4) is 0 Å². The van der Waals surface area contributed by atoms with E-state index in [-0.39, 0.29) is 6.10 Å². The van der Waals surface area contributed by atoms with E-state index in [2.05, 4.69) is 90.6 Å². The SMILES string of the molecule is COC1CC(CCOCc2ccccc2)=C[Si](c2ccccc2)(c2ccccc2)C1. The van der Waals surface area contributed by atoms with Gasteiger partial charge in [-0.2, -0.15) is 0 Å². The molecule has 0 amide bonds. The third kappa shape index (κ3) is 4.81. The van der Waals surface area contributed by atoms with Gasteiger partial charge in [0.15, 0.2) is 0 Å². The van der Waals surface area contributed by atoms with E-state index in [0.29, 0.717) is 6.61 Å². The van der Waals surface area contributed by atoms with Crippen LogP contribution in [0.15, 0.2) is 102 Å². The molecule has 3 heteroatoms. The van der Waals surface area contributed by atoms with Crippen LogP contribution in [0.1, 0.15) is 18.4 Å². The second kappa shape index (κ2) is 10.0. The summed E-state index contributed by atoms with van der Waals surface area (Å²) in [6.45, 7) is 1.41. The van der Waals surface area contributed by atoms with Crippen LogP contribution in [0, 0.1) is 0 Å². The first kappa shape index (κ1) is 20.8. The first-order chi connectivity index (χ1) is 14.8. The largest absolute Gasteiger partial charge is 0.381 e. The number of methoxy groups -OCH3 is 1. The van der Waals surface area contributed by atoms with E-state index in [1.807, 2.05) is 13.2 Å². The Morgan fingerprint density at radius 2 is 1.37 bits per heavy atom. The van der Waals surface area contributed by atoms with Crippen molar-refractivity contribution in [3.05, 3.63) is 108 Å². The normalized spacial score (nSPS) is 18.0. The lowest BCUT2D eigenvalue weighted by molar-refractivity contribution is 0.106. The average Bonchev–Trinajstić information content (AvgIpc) is 2.83. The lowest BCUT2D eigenvalue weighted by Crippen LogP contribution is -2.60. The van der Waals surface area contributed by atoms with E-state index in [4.69, 9.17) is 9.47 Å². The molecule has 3 aromatic rings. The van der Waals surface area contributed by atoms with Crippen molar-refractivity contribution in [2.75, 3.05) is 13.7 Å². The van der Waals surface area contributed by atoms with Gasteiger partial charge in [0, 0.05) is 7.11 Å². The highest BCUT2D eigenvalue weighted by Gasteiger charge is 2.41. The van der Waals surface area contributed by atoms with Gasteiger partial charge in [-0.05, 0) is 34.8 Å².